The Hall–Kier alpha value is -2.89. The molecule has 1 N–H and O–H groups in total. The molecule has 0 spiro atoms. The molecule has 1 heterocycles. The lowest BCUT2D eigenvalue weighted by atomic mass is 10.1. The summed E-state index contributed by atoms with van der Waals surface area (Å²) in [5.74, 6) is -0.173. The number of anilines is 2. The van der Waals surface area contributed by atoms with Gasteiger partial charge < -0.3 is 15.1 Å². The van der Waals surface area contributed by atoms with Crippen LogP contribution in [0.15, 0.2) is 42.5 Å². The summed E-state index contributed by atoms with van der Waals surface area (Å²) in [5.41, 5.74) is 3.37. The van der Waals surface area contributed by atoms with Crippen LogP contribution in [0.5, 0.6) is 0 Å². The molecule has 2 amide bonds. The fourth-order valence-corrected chi connectivity index (χ4v) is 3.22. The van der Waals surface area contributed by atoms with Crippen molar-refractivity contribution in [3.8, 4) is 0 Å². The number of benzene rings is 2. The van der Waals surface area contributed by atoms with Crippen LogP contribution in [-0.4, -0.2) is 30.8 Å². The zero-order valence-electron chi connectivity index (χ0n) is 14.7. The van der Waals surface area contributed by atoms with Gasteiger partial charge in [-0.15, -0.1) is 0 Å². The second kappa shape index (κ2) is 7.99. The number of carbonyl (C=O) groups excluding carboxylic acids is 2. The first-order valence-corrected chi connectivity index (χ1v) is 8.63. The maximum absolute atomic E-state index is 13.4. The monoisotopic (exact) mass is 355 g/mol. The van der Waals surface area contributed by atoms with E-state index in [1.54, 1.807) is 6.07 Å². The molecule has 136 valence electrons. The van der Waals surface area contributed by atoms with E-state index >= 15 is 0 Å². The lowest BCUT2D eigenvalue weighted by molar-refractivity contribution is -0.128. The van der Waals surface area contributed by atoms with Crippen LogP contribution in [0, 0.1) is 5.82 Å². The number of likely N-dealkylation sites (tertiary alicyclic amines) is 1. The molecule has 1 aliphatic rings. The predicted molar refractivity (Wildman–Crippen MR) is 99.3 cm³/mol. The van der Waals surface area contributed by atoms with E-state index in [0.717, 1.165) is 29.8 Å². The van der Waals surface area contributed by atoms with Crippen molar-refractivity contribution in [2.75, 3.05) is 23.8 Å². The minimum absolute atomic E-state index is 0.223. The summed E-state index contributed by atoms with van der Waals surface area (Å²) in [6.07, 6.45) is 2.13. The van der Waals surface area contributed by atoms with E-state index < -0.39 is 5.82 Å². The van der Waals surface area contributed by atoms with Crippen LogP contribution < -0.4 is 10.2 Å². The smallest absolute Gasteiger partial charge is 0.222 e. The highest BCUT2D eigenvalue weighted by atomic mass is 19.1. The van der Waals surface area contributed by atoms with E-state index in [2.05, 4.69) is 5.32 Å². The van der Waals surface area contributed by atoms with Crippen LogP contribution in [0.2, 0.25) is 0 Å². The molecule has 1 aliphatic heterocycles. The molecule has 0 radical (unpaired) electrons. The van der Waals surface area contributed by atoms with Gasteiger partial charge in [0.1, 0.15) is 5.82 Å². The first kappa shape index (κ1) is 17.9. The number of amides is 2. The normalized spacial score (nSPS) is 13.8. The molecule has 0 saturated carbocycles. The first-order valence-electron chi connectivity index (χ1n) is 8.63. The van der Waals surface area contributed by atoms with Crippen LogP contribution >= 0.6 is 0 Å². The van der Waals surface area contributed by atoms with E-state index in [4.69, 9.17) is 0 Å². The van der Waals surface area contributed by atoms with E-state index in [1.807, 2.05) is 41.1 Å². The van der Waals surface area contributed by atoms with Gasteiger partial charge in [0.2, 0.25) is 12.3 Å². The number of nitrogens with zero attached hydrogens (tertiary/aromatic N) is 2. The quantitative estimate of drug-likeness (QED) is 0.777. The number of hydrogen-bond donors (Lipinski definition) is 1. The number of halogens is 1. The van der Waals surface area contributed by atoms with Crippen molar-refractivity contribution in [2.24, 2.45) is 0 Å². The van der Waals surface area contributed by atoms with Crippen LogP contribution in [0.3, 0.4) is 0 Å². The SMILES string of the molecule is CN(Cc1ccc(CN2CCCC2=O)cc1)c1ccc(F)cc1NC=O. The zero-order valence-corrected chi connectivity index (χ0v) is 14.7. The number of rotatable bonds is 7. The van der Waals surface area contributed by atoms with E-state index in [9.17, 15) is 14.0 Å². The minimum atomic E-state index is -0.396. The highest BCUT2D eigenvalue weighted by Crippen LogP contribution is 2.27. The van der Waals surface area contributed by atoms with Gasteiger partial charge in [0.25, 0.3) is 0 Å². The Morgan fingerprint density at radius 3 is 2.58 bits per heavy atom. The first-order chi connectivity index (χ1) is 12.6. The maximum Gasteiger partial charge on any atom is 0.222 e. The molecule has 2 aromatic rings. The predicted octanol–water partition coefficient (Wildman–Crippen LogP) is 3.15. The van der Waals surface area contributed by atoms with Crippen LogP contribution in [-0.2, 0) is 22.7 Å². The Kier molecular flexibility index (Phi) is 5.51. The van der Waals surface area contributed by atoms with Crippen LogP contribution in [0.1, 0.15) is 24.0 Å². The molecule has 0 aromatic heterocycles. The maximum atomic E-state index is 13.4. The van der Waals surface area contributed by atoms with Gasteiger partial charge in [-0.05, 0) is 35.7 Å². The Morgan fingerprint density at radius 1 is 1.19 bits per heavy atom. The minimum Gasteiger partial charge on any atom is -0.369 e. The topological polar surface area (TPSA) is 52.6 Å². The van der Waals surface area contributed by atoms with Crippen molar-refractivity contribution < 1.29 is 14.0 Å². The summed E-state index contributed by atoms with van der Waals surface area (Å²) in [7, 11) is 1.89. The summed E-state index contributed by atoms with van der Waals surface area (Å²) in [6, 6.07) is 12.4. The molecule has 0 aliphatic carbocycles. The average Bonchev–Trinajstić information content (AvgIpc) is 3.02. The standard InChI is InChI=1S/C20H22FN3O2/c1-23(19-9-8-17(21)11-18(19)22-14-25)12-15-4-6-16(7-5-15)13-24-10-2-3-20(24)26/h4-9,11,14H,2-3,10,12-13H2,1H3,(H,22,25). The molecule has 26 heavy (non-hydrogen) atoms. The lowest BCUT2D eigenvalue weighted by Gasteiger charge is -2.22. The third-order valence-corrected chi connectivity index (χ3v) is 4.57. The Morgan fingerprint density at radius 2 is 1.92 bits per heavy atom. The molecule has 2 aromatic carbocycles. The van der Waals surface area contributed by atoms with Gasteiger partial charge in [-0.3, -0.25) is 9.59 Å². The van der Waals surface area contributed by atoms with E-state index in [1.165, 1.54) is 12.1 Å². The fourth-order valence-electron chi connectivity index (χ4n) is 3.22. The van der Waals surface area contributed by atoms with Crippen molar-refractivity contribution >= 4 is 23.7 Å². The molecule has 5 nitrogen and oxygen atoms in total. The molecule has 6 heteroatoms. The average molecular weight is 355 g/mol. The van der Waals surface area contributed by atoms with Crippen molar-refractivity contribution in [1.29, 1.82) is 0 Å². The van der Waals surface area contributed by atoms with Crippen molar-refractivity contribution in [1.82, 2.24) is 4.90 Å². The van der Waals surface area contributed by atoms with Crippen molar-refractivity contribution in [3.05, 3.63) is 59.4 Å². The third-order valence-electron chi connectivity index (χ3n) is 4.57. The largest absolute Gasteiger partial charge is 0.369 e. The summed E-state index contributed by atoms with van der Waals surface area (Å²) in [5, 5.41) is 2.54. The summed E-state index contributed by atoms with van der Waals surface area (Å²) >= 11 is 0. The van der Waals surface area contributed by atoms with Gasteiger partial charge in [0.05, 0.1) is 11.4 Å². The molecule has 1 fully saturated rings. The summed E-state index contributed by atoms with van der Waals surface area (Å²) in [6.45, 7) is 2.10. The fraction of sp³-hybridized carbons (Fsp3) is 0.300. The Bertz CT molecular complexity index is 792. The summed E-state index contributed by atoms with van der Waals surface area (Å²) in [4.78, 5) is 26.3. The van der Waals surface area contributed by atoms with Gasteiger partial charge in [-0.25, -0.2) is 4.39 Å². The molecule has 3 rings (SSSR count). The van der Waals surface area contributed by atoms with Gasteiger partial charge in [-0.1, -0.05) is 24.3 Å². The van der Waals surface area contributed by atoms with Gasteiger partial charge >= 0.3 is 0 Å². The summed E-state index contributed by atoms with van der Waals surface area (Å²) < 4.78 is 13.4. The van der Waals surface area contributed by atoms with E-state index in [0.29, 0.717) is 31.6 Å². The van der Waals surface area contributed by atoms with Crippen LogP contribution in [0.25, 0.3) is 0 Å². The van der Waals surface area contributed by atoms with Gasteiger partial charge in [0.15, 0.2) is 0 Å². The van der Waals surface area contributed by atoms with Crippen molar-refractivity contribution in [3.63, 3.8) is 0 Å². The Balaban J connectivity index is 1.67. The Labute approximate surface area is 152 Å². The van der Waals surface area contributed by atoms with Crippen LogP contribution in [0.4, 0.5) is 15.8 Å². The molecule has 0 atom stereocenters. The molecular formula is C20H22FN3O2. The number of hydrogen-bond acceptors (Lipinski definition) is 3. The second-order valence-corrected chi connectivity index (χ2v) is 6.52. The zero-order chi connectivity index (χ0) is 18.5. The molecular weight excluding hydrogens is 333 g/mol. The highest BCUT2D eigenvalue weighted by Gasteiger charge is 2.19. The van der Waals surface area contributed by atoms with E-state index in [-0.39, 0.29) is 5.91 Å². The molecule has 0 unspecified atom stereocenters. The molecule has 1 saturated heterocycles. The second-order valence-electron chi connectivity index (χ2n) is 6.52. The van der Waals surface area contributed by atoms with Crippen molar-refractivity contribution in [2.45, 2.75) is 25.9 Å². The highest BCUT2D eigenvalue weighted by molar-refractivity contribution is 5.81. The molecule has 0 bridgehead atoms. The number of nitrogens with one attached hydrogen (secondary N) is 1. The lowest BCUT2D eigenvalue weighted by Crippen LogP contribution is -2.23. The number of carbonyl (C=O) groups is 2. The van der Waals surface area contributed by atoms with Gasteiger partial charge in [0, 0.05) is 33.1 Å². The third kappa shape index (κ3) is 4.20. The van der Waals surface area contributed by atoms with Gasteiger partial charge in [-0.2, -0.15) is 0 Å².